The average molecular weight is 310 g/mol. The summed E-state index contributed by atoms with van der Waals surface area (Å²) in [5.74, 6) is -0.931. The number of carbonyl (C=O) groups is 2. The van der Waals surface area contributed by atoms with Crippen LogP contribution in [0.3, 0.4) is 0 Å². The molecule has 0 aromatic carbocycles. The molecular weight excluding hydrogens is 284 g/mol. The lowest BCUT2D eigenvalue weighted by Gasteiger charge is -2.44. The van der Waals surface area contributed by atoms with E-state index in [4.69, 9.17) is 9.84 Å². The molecular formula is C16H26N2O4. The molecule has 2 heterocycles. The van der Waals surface area contributed by atoms with Crippen LogP contribution in [-0.4, -0.2) is 72.2 Å². The summed E-state index contributed by atoms with van der Waals surface area (Å²) in [6.45, 7) is 3.57. The van der Waals surface area contributed by atoms with E-state index in [0.29, 0.717) is 13.2 Å². The lowest BCUT2D eigenvalue weighted by atomic mass is 9.69. The van der Waals surface area contributed by atoms with Crippen LogP contribution in [0.15, 0.2) is 0 Å². The summed E-state index contributed by atoms with van der Waals surface area (Å²) in [4.78, 5) is 27.6. The Bertz CT molecular complexity index is 436. The summed E-state index contributed by atoms with van der Waals surface area (Å²) in [6, 6.07) is -0.166. The van der Waals surface area contributed by atoms with Crippen LogP contribution in [0.1, 0.15) is 38.5 Å². The molecule has 1 atom stereocenters. The second-order valence-electron chi connectivity index (χ2n) is 7.04. The molecule has 3 aliphatic rings. The quantitative estimate of drug-likeness (QED) is 0.840. The van der Waals surface area contributed by atoms with Gasteiger partial charge in [0.15, 0.2) is 0 Å². The van der Waals surface area contributed by atoms with Gasteiger partial charge in [0.1, 0.15) is 6.54 Å². The molecule has 1 saturated carbocycles. The molecule has 22 heavy (non-hydrogen) atoms. The van der Waals surface area contributed by atoms with Crippen LogP contribution in [0, 0.1) is 5.41 Å². The molecule has 1 unspecified atom stereocenters. The molecule has 2 saturated heterocycles. The summed E-state index contributed by atoms with van der Waals surface area (Å²) in [5, 5.41) is 9.02. The lowest BCUT2D eigenvalue weighted by molar-refractivity contribution is -0.147. The summed E-state index contributed by atoms with van der Waals surface area (Å²) in [7, 11) is 0. The van der Waals surface area contributed by atoms with E-state index in [0.717, 1.165) is 39.0 Å². The summed E-state index contributed by atoms with van der Waals surface area (Å²) < 4.78 is 5.77. The van der Waals surface area contributed by atoms with Crippen molar-refractivity contribution in [2.24, 2.45) is 5.41 Å². The maximum Gasteiger partial charge on any atom is 0.323 e. The van der Waals surface area contributed by atoms with Gasteiger partial charge in [0.25, 0.3) is 0 Å². The topological polar surface area (TPSA) is 70.1 Å². The van der Waals surface area contributed by atoms with E-state index in [1.54, 1.807) is 0 Å². The molecule has 6 heteroatoms. The second kappa shape index (κ2) is 6.54. The third-order valence-electron chi connectivity index (χ3n) is 5.40. The van der Waals surface area contributed by atoms with Crippen molar-refractivity contribution in [3.8, 4) is 0 Å². The number of hydrogen-bond acceptors (Lipinski definition) is 4. The van der Waals surface area contributed by atoms with E-state index in [9.17, 15) is 9.59 Å². The first-order valence-electron chi connectivity index (χ1n) is 8.42. The molecule has 0 bridgehead atoms. The molecule has 0 aromatic rings. The van der Waals surface area contributed by atoms with E-state index < -0.39 is 5.97 Å². The normalized spacial score (nSPS) is 29.7. The van der Waals surface area contributed by atoms with Gasteiger partial charge in [-0.3, -0.25) is 14.5 Å². The minimum atomic E-state index is -0.927. The number of aliphatic carboxylic acids is 1. The average Bonchev–Trinajstić information content (AvgIpc) is 2.76. The molecule has 1 spiro atoms. The van der Waals surface area contributed by atoms with Gasteiger partial charge in [-0.1, -0.05) is 6.42 Å². The number of nitrogens with zero attached hydrogens (tertiary/aromatic N) is 2. The Kier molecular flexibility index (Phi) is 4.68. The van der Waals surface area contributed by atoms with Gasteiger partial charge in [0.05, 0.1) is 19.3 Å². The predicted octanol–water partition coefficient (Wildman–Crippen LogP) is 0.955. The number of carbonyl (C=O) groups excluding carboxylic acids is 1. The molecule has 0 aromatic heterocycles. The zero-order valence-corrected chi connectivity index (χ0v) is 13.1. The Labute approximate surface area is 131 Å². The Morgan fingerprint density at radius 3 is 2.77 bits per heavy atom. The van der Waals surface area contributed by atoms with Crippen molar-refractivity contribution < 1.29 is 19.4 Å². The van der Waals surface area contributed by atoms with Gasteiger partial charge in [-0.05, 0) is 32.1 Å². The standard InChI is InChI=1S/C16H26N2O4/c19-14(20)10-17-7-2-1-4-13(15(17)21)18-8-9-22-12-16(11-18)5-3-6-16/h13H,1-12H2,(H,19,20). The Morgan fingerprint density at radius 2 is 2.09 bits per heavy atom. The number of hydrogen-bond donors (Lipinski definition) is 1. The summed E-state index contributed by atoms with van der Waals surface area (Å²) in [6.07, 6.45) is 6.33. The van der Waals surface area contributed by atoms with Crippen LogP contribution in [0.2, 0.25) is 0 Å². The molecule has 1 amide bonds. The first-order chi connectivity index (χ1) is 10.6. The van der Waals surface area contributed by atoms with Gasteiger partial charge < -0.3 is 14.7 Å². The summed E-state index contributed by atoms with van der Waals surface area (Å²) >= 11 is 0. The highest BCUT2D eigenvalue weighted by Gasteiger charge is 2.43. The van der Waals surface area contributed by atoms with Crippen molar-refractivity contribution in [1.29, 1.82) is 0 Å². The van der Waals surface area contributed by atoms with E-state index in [-0.39, 0.29) is 23.9 Å². The second-order valence-corrected chi connectivity index (χ2v) is 7.04. The SMILES string of the molecule is O=C(O)CN1CCCCC(N2CCOCC3(CCC3)C2)C1=O. The fourth-order valence-electron chi connectivity index (χ4n) is 4.02. The maximum atomic E-state index is 12.8. The first-order valence-corrected chi connectivity index (χ1v) is 8.42. The van der Waals surface area contributed by atoms with E-state index in [1.807, 2.05) is 0 Å². The Morgan fingerprint density at radius 1 is 1.27 bits per heavy atom. The monoisotopic (exact) mass is 310 g/mol. The molecule has 3 rings (SSSR count). The minimum absolute atomic E-state index is 0.00345. The van der Waals surface area contributed by atoms with Gasteiger partial charge in [-0.2, -0.15) is 0 Å². The van der Waals surface area contributed by atoms with Crippen LogP contribution in [-0.2, 0) is 14.3 Å². The molecule has 6 nitrogen and oxygen atoms in total. The highest BCUT2D eigenvalue weighted by Crippen LogP contribution is 2.43. The summed E-state index contributed by atoms with van der Waals surface area (Å²) in [5.41, 5.74) is 0.237. The number of ether oxygens (including phenoxy) is 1. The molecule has 0 radical (unpaired) electrons. The number of amides is 1. The molecule has 124 valence electrons. The highest BCUT2D eigenvalue weighted by molar-refractivity contribution is 5.85. The lowest BCUT2D eigenvalue weighted by Crippen LogP contribution is -2.53. The minimum Gasteiger partial charge on any atom is -0.480 e. The fourth-order valence-corrected chi connectivity index (χ4v) is 4.02. The Hall–Kier alpha value is -1.14. The van der Waals surface area contributed by atoms with Crippen LogP contribution >= 0.6 is 0 Å². The van der Waals surface area contributed by atoms with Crippen molar-refractivity contribution in [2.45, 2.75) is 44.6 Å². The first kappa shape index (κ1) is 15.7. The number of rotatable bonds is 3. The van der Waals surface area contributed by atoms with Crippen molar-refractivity contribution in [1.82, 2.24) is 9.80 Å². The van der Waals surface area contributed by atoms with Gasteiger partial charge in [0, 0.05) is 25.0 Å². The molecule has 1 aliphatic carbocycles. The van der Waals surface area contributed by atoms with Crippen LogP contribution in [0.25, 0.3) is 0 Å². The van der Waals surface area contributed by atoms with Gasteiger partial charge in [0.2, 0.25) is 5.91 Å². The zero-order valence-electron chi connectivity index (χ0n) is 13.1. The van der Waals surface area contributed by atoms with Gasteiger partial charge >= 0.3 is 5.97 Å². The number of carboxylic acids is 1. The Balaban J connectivity index is 1.72. The van der Waals surface area contributed by atoms with Crippen molar-refractivity contribution in [3.63, 3.8) is 0 Å². The van der Waals surface area contributed by atoms with Crippen LogP contribution in [0.4, 0.5) is 0 Å². The van der Waals surface area contributed by atoms with Gasteiger partial charge in [-0.15, -0.1) is 0 Å². The molecule has 1 N–H and O–H groups in total. The van der Waals surface area contributed by atoms with Crippen molar-refractivity contribution in [2.75, 3.05) is 39.4 Å². The van der Waals surface area contributed by atoms with E-state index in [1.165, 1.54) is 24.2 Å². The maximum absolute atomic E-state index is 12.8. The van der Waals surface area contributed by atoms with Crippen molar-refractivity contribution >= 4 is 11.9 Å². The number of carboxylic acid groups (broad SMARTS) is 1. The molecule has 2 aliphatic heterocycles. The number of likely N-dealkylation sites (tertiary alicyclic amines) is 1. The van der Waals surface area contributed by atoms with Crippen molar-refractivity contribution in [3.05, 3.63) is 0 Å². The third kappa shape index (κ3) is 3.27. The zero-order chi connectivity index (χ0) is 15.6. The van der Waals surface area contributed by atoms with E-state index in [2.05, 4.69) is 4.90 Å². The van der Waals surface area contributed by atoms with Gasteiger partial charge in [-0.25, -0.2) is 0 Å². The fraction of sp³-hybridized carbons (Fsp3) is 0.875. The smallest absolute Gasteiger partial charge is 0.323 e. The van der Waals surface area contributed by atoms with E-state index >= 15 is 0 Å². The highest BCUT2D eigenvalue weighted by atomic mass is 16.5. The predicted molar refractivity (Wildman–Crippen MR) is 80.5 cm³/mol. The molecule has 3 fully saturated rings. The largest absolute Gasteiger partial charge is 0.480 e. The van der Waals surface area contributed by atoms with Crippen LogP contribution in [0.5, 0.6) is 0 Å². The third-order valence-corrected chi connectivity index (χ3v) is 5.40. The van der Waals surface area contributed by atoms with Crippen LogP contribution < -0.4 is 0 Å².